The van der Waals surface area contributed by atoms with Gasteiger partial charge in [0.1, 0.15) is 11.7 Å². The van der Waals surface area contributed by atoms with Gasteiger partial charge in [-0.2, -0.15) is 10.4 Å². The molecule has 0 bridgehead atoms. The fourth-order valence-corrected chi connectivity index (χ4v) is 2.47. The van der Waals surface area contributed by atoms with Gasteiger partial charge in [-0.15, -0.1) is 0 Å². The summed E-state index contributed by atoms with van der Waals surface area (Å²) in [6, 6.07) is 5.92. The lowest BCUT2D eigenvalue weighted by Crippen LogP contribution is -2.14. The largest absolute Gasteiger partial charge is 0.292 e. The Morgan fingerprint density at radius 1 is 1.57 bits per heavy atom. The number of carbonyl (C=O) groups excluding carboxylic acids is 1. The van der Waals surface area contributed by atoms with E-state index in [1.54, 1.807) is 13.2 Å². The molecule has 0 spiro atoms. The SMILES string of the molecule is CCc1nn(C)cc1C(=O)C(C#N)c1c(F)cccc1Cl. The molecule has 0 saturated carbocycles. The topological polar surface area (TPSA) is 58.7 Å². The van der Waals surface area contributed by atoms with Crippen LogP contribution in [0.2, 0.25) is 5.02 Å². The molecule has 4 nitrogen and oxygen atoms in total. The summed E-state index contributed by atoms with van der Waals surface area (Å²) in [7, 11) is 1.69. The third-order valence-electron chi connectivity index (χ3n) is 3.19. The molecule has 6 heteroatoms. The highest BCUT2D eigenvalue weighted by Gasteiger charge is 2.29. The monoisotopic (exact) mass is 305 g/mol. The second-order valence-electron chi connectivity index (χ2n) is 4.58. The number of nitrogens with zero attached hydrogens (tertiary/aromatic N) is 3. The third-order valence-corrected chi connectivity index (χ3v) is 3.51. The van der Waals surface area contributed by atoms with Crippen LogP contribution in [0.5, 0.6) is 0 Å². The number of hydrogen-bond donors (Lipinski definition) is 0. The van der Waals surface area contributed by atoms with E-state index >= 15 is 0 Å². The third kappa shape index (κ3) is 2.81. The average molecular weight is 306 g/mol. The molecule has 1 unspecified atom stereocenters. The van der Waals surface area contributed by atoms with Crippen molar-refractivity contribution >= 4 is 17.4 Å². The van der Waals surface area contributed by atoms with Crippen LogP contribution in [0.3, 0.4) is 0 Å². The lowest BCUT2D eigenvalue weighted by molar-refractivity contribution is 0.0976. The predicted molar refractivity (Wildman–Crippen MR) is 76.7 cm³/mol. The van der Waals surface area contributed by atoms with Crippen LogP contribution in [0.25, 0.3) is 0 Å². The summed E-state index contributed by atoms with van der Waals surface area (Å²) < 4.78 is 15.4. The first-order valence-electron chi connectivity index (χ1n) is 6.39. The van der Waals surface area contributed by atoms with Crippen LogP contribution in [0, 0.1) is 17.1 Å². The summed E-state index contributed by atoms with van der Waals surface area (Å²) in [6.45, 7) is 1.86. The number of aryl methyl sites for hydroxylation is 2. The number of aromatic nitrogens is 2. The Bertz CT molecular complexity index is 713. The van der Waals surface area contributed by atoms with Crippen LogP contribution in [-0.4, -0.2) is 15.6 Å². The molecular weight excluding hydrogens is 293 g/mol. The minimum Gasteiger partial charge on any atom is -0.292 e. The van der Waals surface area contributed by atoms with Gasteiger partial charge in [0, 0.05) is 23.8 Å². The lowest BCUT2D eigenvalue weighted by atomic mass is 9.91. The van der Waals surface area contributed by atoms with Crippen LogP contribution < -0.4 is 0 Å². The van der Waals surface area contributed by atoms with Gasteiger partial charge in [0.15, 0.2) is 5.78 Å². The van der Waals surface area contributed by atoms with Crippen LogP contribution in [-0.2, 0) is 13.5 Å². The maximum atomic E-state index is 13.9. The Morgan fingerprint density at radius 3 is 2.86 bits per heavy atom. The maximum absolute atomic E-state index is 13.9. The first kappa shape index (κ1) is 15.2. The normalized spacial score (nSPS) is 12.0. The smallest absolute Gasteiger partial charge is 0.188 e. The van der Waals surface area contributed by atoms with Crippen molar-refractivity contribution in [2.45, 2.75) is 19.3 Å². The van der Waals surface area contributed by atoms with Crippen LogP contribution in [0.4, 0.5) is 4.39 Å². The molecule has 1 aromatic carbocycles. The highest BCUT2D eigenvalue weighted by Crippen LogP contribution is 2.30. The molecule has 0 N–H and O–H groups in total. The quantitative estimate of drug-likeness (QED) is 0.815. The van der Waals surface area contributed by atoms with Crippen molar-refractivity contribution in [3.8, 4) is 6.07 Å². The van der Waals surface area contributed by atoms with Crippen molar-refractivity contribution in [2.24, 2.45) is 7.05 Å². The second kappa shape index (κ2) is 6.06. The predicted octanol–water partition coefficient (Wildman–Crippen LogP) is 3.27. The first-order chi connectivity index (χ1) is 9.99. The Morgan fingerprint density at radius 2 is 2.29 bits per heavy atom. The molecule has 2 aromatic rings. The van der Waals surface area contributed by atoms with E-state index in [9.17, 15) is 14.4 Å². The average Bonchev–Trinajstić information content (AvgIpc) is 2.83. The number of ketones is 1. The van der Waals surface area contributed by atoms with E-state index in [1.807, 2.05) is 13.0 Å². The molecule has 0 saturated heterocycles. The van der Waals surface area contributed by atoms with Gasteiger partial charge >= 0.3 is 0 Å². The van der Waals surface area contributed by atoms with Gasteiger partial charge in [-0.25, -0.2) is 4.39 Å². The Hall–Kier alpha value is -2.19. The molecule has 0 aliphatic carbocycles. The molecule has 1 heterocycles. The van der Waals surface area contributed by atoms with Gasteiger partial charge < -0.3 is 0 Å². The summed E-state index contributed by atoms with van der Waals surface area (Å²) in [6.07, 6.45) is 2.09. The standard InChI is InChI=1S/C15H13ClFN3O/c1-3-13-10(8-20(2)19-13)15(21)9(7-18)14-11(16)5-4-6-12(14)17/h4-6,8-9H,3H2,1-2H3. The van der Waals surface area contributed by atoms with Crippen molar-refractivity contribution in [1.29, 1.82) is 5.26 Å². The zero-order chi connectivity index (χ0) is 15.6. The van der Waals surface area contributed by atoms with Gasteiger partial charge in [0.2, 0.25) is 0 Å². The number of benzene rings is 1. The van der Waals surface area contributed by atoms with Gasteiger partial charge in [-0.3, -0.25) is 9.48 Å². The van der Waals surface area contributed by atoms with Crippen molar-refractivity contribution in [2.75, 3.05) is 0 Å². The molecule has 1 aromatic heterocycles. The number of hydrogen-bond acceptors (Lipinski definition) is 3. The van der Waals surface area contributed by atoms with E-state index in [0.29, 0.717) is 17.7 Å². The highest BCUT2D eigenvalue weighted by molar-refractivity contribution is 6.31. The number of carbonyl (C=O) groups is 1. The summed E-state index contributed by atoms with van der Waals surface area (Å²) in [5.41, 5.74) is 0.818. The maximum Gasteiger partial charge on any atom is 0.188 e. The summed E-state index contributed by atoms with van der Waals surface area (Å²) >= 11 is 5.95. The van der Waals surface area contributed by atoms with Crippen molar-refractivity contribution in [1.82, 2.24) is 9.78 Å². The molecule has 0 aliphatic heterocycles. The van der Waals surface area contributed by atoms with Gasteiger partial charge in [0.05, 0.1) is 17.3 Å². The Kier molecular flexibility index (Phi) is 4.39. The summed E-state index contributed by atoms with van der Waals surface area (Å²) in [4.78, 5) is 12.6. The Labute approximate surface area is 126 Å². The fourth-order valence-electron chi connectivity index (χ4n) is 2.20. The molecule has 2 rings (SSSR count). The van der Waals surface area contributed by atoms with E-state index in [4.69, 9.17) is 11.6 Å². The van der Waals surface area contributed by atoms with E-state index in [1.165, 1.54) is 22.9 Å². The fraction of sp³-hybridized carbons (Fsp3) is 0.267. The molecule has 0 radical (unpaired) electrons. The zero-order valence-electron chi connectivity index (χ0n) is 11.6. The lowest BCUT2D eigenvalue weighted by Gasteiger charge is -2.11. The van der Waals surface area contributed by atoms with Gasteiger partial charge in [0.25, 0.3) is 0 Å². The van der Waals surface area contributed by atoms with E-state index in [-0.39, 0.29) is 10.6 Å². The molecule has 0 amide bonds. The number of Topliss-reactive ketones (excluding diaryl/α,β-unsaturated/α-hetero) is 1. The summed E-state index contributed by atoms with van der Waals surface area (Å²) in [5, 5.41) is 13.5. The van der Waals surface area contributed by atoms with E-state index in [0.717, 1.165) is 0 Å². The minimum atomic E-state index is -1.28. The molecular formula is C15H13ClFN3O. The molecule has 108 valence electrons. The van der Waals surface area contributed by atoms with E-state index in [2.05, 4.69) is 5.10 Å². The van der Waals surface area contributed by atoms with Crippen LogP contribution in [0.1, 0.15) is 34.5 Å². The number of rotatable bonds is 4. The first-order valence-corrected chi connectivity index (χ1v) is 6.77. The van der Waals surface area contributed by atoms with Crippen molar-refractivity contribution < 1.29 is 9.18 Å². The Balaban J connectivity index is 2.52. The number of halogens is 2. The van der Waals surface area contributed by atoms with Gasteiger partial charge in [-0.05, 0) is 18.6 Å². The van der Waals surface area contributed by atoms with Crippen LogP contribution >= 0.6 is 11.6 Å². The molecule has 21 heavy (non-hydrogen) atoms. The van der Waals surface area contributed by atoms with Gasteiger partial charge in [-0.1, -0.05) is 24.6 Å². The van der Waals surface area contributed by atoms with Crippen molar-refractivity contribution in [3.63, 3.8) is 0 Å². The molecule has 0 fully saturated rings. The summed E-state index contributed by atoms with van der Waals surface area (Å²) in [5.74, 6) is -2.44. The minimum absolute atomic E-state index is 0.0665. The second-order valence-corrected chi connectivity index (χ2v) is 4.99. The van der Waals surface area contributed by atoms with Crippen LogP contribution in [0.15, 0.2) is 24.4 Å². The highest BCUT2D eigenvalue weighted by atomic mass is 35.5. The zero-order valence-corrected chi connectivity index (χ0v) is 12.4. The molecule has 1 atom stereocenters. The molecule has 0 aliphatic rings. The van der Waals surface area contributed by atoms with E-state index < -0.39 is 17.5 Å². The van der Waals surface area contributed by atoms with Crippen molar-refractivity contribution in [3.05, 3.63) is 52.1 Å². The number of nitriles is 1.